The largest absolute Gasteiger partial charge is 0.418 e. The smallest absolute Gasteiger partial charge is 0.368 e. The number of benzene rings is 2. The van der Waals surface area contributed by atoms with Gasteiger partial charge in [-0.3, -0.25) is 4.79 Å². The molecule has 0 spiro atoms. The highest BCUT2D eigenvalue weighted by molar-refractivity contribution is 14.1. The minimum Gasteiger partial charge on any atom is -0.368 e. The van der Waals surface area contributed by atoms with Crippen LogP contribution in [0.4, 0.5) is 24.5 Å². The van der Waals surface area contributed by atoms with Crippen LogP contribution in [0.2, 0.25) is 0 Å². The lowest BCUT2D eigenvalue weighted by atomic mass is 10.0. The molecule has 0 aromatic heterocycles. The number of nitrogens with one attached hydrogen (secondary N) is 1. The Bertz CT molecular complexity index is 922. The summed E-state index contributed by atoms with van der Waals surface area (Å²) in [6.45, 7) is 5.82. The zero-order valence-electron chi connectivity index (χ0n) is 16.5. The van der Waals surface area contributed by atoms with E-state index in [0.29, 0.717) is 31.7 Å². The molecule has 29 heavy (non-hydrogen) atoms. The average Bonchev–Trinajstić information content (AvgIpc) is 2.62. The van der Waals surface area contributed by atoms with Gasteiger partial charge in [0.1, 0.15) is 0 Å². The molecule has 2 aromatic rings. The zero-order chi connectivity index (χ0) is 21.3. The number of carbonyl (C=O) groups excluding carboxylic acids is 1. The van der Waals surface area contributed by atoms with Crippen LogP contribution in [-0.4, -0.2) is 44.0 Å². The number of hydrogen-bond acceptors (Lipinski definition) is 3. The summed E-state index contributed by atoms with van der Waals surface area (Å²) in [5.41, 5.74) is 1.15. The number of aryl methyl sites for hydroxylation is 1. The summed E-state index contributed by atoms with van der Waals surface area (Å²) in [5.74, 6) is -0.419. The van der Waals surface area contributed by atoms with Crippen molar-refractivity contribution in [2.75, 3.05) is 43.4 Å². The van der Waals surface area contributed by atoms with Crippen LogP contribution in [0.15, 0.2) is 30.3 Å². The first kappa shape index (κ1) is 21.9. The van der Waals surface area contributed by atoms with E-state index in [1.165, 1.54) is 13.0 Å². The first-order valence-corrected chi connectivity index (χ1v) is 10.4. The average molecular weight is 517 g/mol. The Morgan fingerprint density at radius 3 is 2.31 bits per heavy atom. The van der Waals surface area contributed by atoms with Crippen molar-refractivity contribution in [1.82, 2.24) is 4.90 Å². The van der Waals surface area contributed by atoms with Crippen LogP contribution in [-0.2, 0) is 6.18 Å². The van der Waals surface area contributed by atoms with Crippen molar-refractivity contribution in [3.63, 3.8) is 0 Å². The molecule has 0 saturated carbocycles. The molecule has 1 N–H and O–H groups in total. The number of halogens is 4. The van der Waals surface area contributed by atoms with Gasteiger partial charge in [-0.1, -0.05) is 11.6 Å². The highest BCUT2D eigenvalue weighted by atomic mass is 127. The predicted octanol–water partition coefficient (Wildman–Crippen LogP) is 4.93. The number of piperazine rings is 1. The maximum Gasteiger partial charge on any atom is 0.418 e. The summed E-state index contributed by atoms with van der Waals surface area (Å²) in [6.07, 6.45) is -4.51. The third-order valence-electron chi connectivity index (χ3n) is 5.19. The molecule has 0 radical (unpaired) electrons. The molecule has 0 unspecified atom stereocenters. The first-order chi connectivity index (χ1) is 13.6. The van der Waals surface area contributed by atoms with Gasteiger partial charge in [0.15, 0.2) is 0 Å². The second-order valence-electron chi connectivity index (χ2n) is 7.36. The number of amides is 1. The van der Waals surface area contributed by atoms with Crippen molar-refractivity contribution in [3.8, 4) is 0 Å². The molecule has 1 amide bonds. The van der Waals surface area contributed by atoms with E-state index in [4.69, 9.17) is 0 Å². The van der Waals surface area contributed by atoms with Crippen LogP contribution in [0, 0.1) is 17.4 Å². The third kappa shape index (κ3) is 4.85. The van der Waals surface area contributed by atoms with Crippen LogP contribution in [0.25, 0.3) is 0 Å². The molecule has 0 bridgehead atoms. The summed E-state index contributed by atoms with van der Waals surface area (Å²) in [4.78, 5) is 16.5. The fourth-order valence-electron chi connectivity index (χ4n) is 3.50. The lowest BCUT2D eigenvalue weighted by Gasteiger charge is -2.36. The monoisotopic (exact) mass is 517 g/mol. The Balaban J connectivity index is 1.95. The second-order valence-corrected chi connectivity index (χ2v) is 8.52. The molecule has 1 fully saturated rings. The maximum atomic E-state index is 13.9. The van der Waals surface area contributed by atoms with Crippen molar-refractivity contribution < 1.29 is 18.0 Å². The normalized spacial score (nSPS) is 15.5. The van der Waals surface area contributed by atoms with E-state index in [2.05, 4.69) is 32.8 Å². The van der Waals surface area contributed by atoms with E-state index in [-0.39, 0.29) is 16.9 Å². The predicted molar refractivity (Wildman–Crippen MR) is 118 cm³/mol. The number of carbonyl (C=O) groups is 1. The topological polar surface area (TPSA) is 35.6 Å². The van der Waals surface area contributed by atoms with Gasteiger partial charge < -0.3 is 15.1 Å². The van der Waals surface area contributed by atoms with Gasteiger partial charge in [0.2, 0.25) is 0 Å². The molecule has 2 aromatic carbocycles. The lowest BCUT2D eigenvalue weighted by Crippen LogP contribution is -2.45. The van der Waals surface area contributed by atoms with E-state index in [1.807, 2.05) is 26.1 Å². The number of alkyl halides is 3. The van der Waals surface area contributed by atoms with Crippen molar-refractivity contribution >= 4 is 39.9 Å². The van der Waals surface area contributed by atoms with Gasteiger partial charge in [-0.25, -0.2) is 0 Å². The minimum absolute atomic E-state index is 0.0318. The second kappa shape index (κ2) is 8.51. The summed E-state index contributed by atoms with van der Waals surface area (Å²) in [6, 6.07) is 8.39. The lowest BCUT2D eigenvalue weighted by molar-refractivity contribution is -0.137. The third-order valence-corrected chi connectivity index (χ3v) is 6.08. The van der Waals surface area contributed by atoms with E-state index in [0.717, 1.165) is 9.13 Å². The molecule has 1 aliphatic rings. The van der Waals surface area contributed by atoms with Gasteiger partial charge in [0.05, 0.1) is 11.1 Å². The van der Waals surface area contributed by atoms with E-state index < -0.39 is 17.6 Å². The molecule has 4 nitrogen and oxygen atoms in total. The SMILES string of the molecule is Cc1ccc(C(=O)Nc2ccc(N3CCN(C)CC3)c(C(F)(F)F)c2C)c(I)c1. The highest BCUT2D eigenvalue weighted by Crippen LogP contribution is 2.42. The molecular formula is C21H23F3IN3O. The van der Waals surface area contributed by atoms with Crippen molar-refractivity contribution in [2.45, 2.75) is 20.0 Å². The first-order valence-electron chi connectivity index (χ1n) is 9.29. The Kier molecular flexibility index (Phi) is 6.42. The zero-order valence-corrected chi connectivity index (χ0v) is 18.7. The Morgan fingerprint density at radius 2 is 1.72 bits per heavy atom. The Hall–Kier alpha value is -1.81. The number of hydrogen-bond donors (Lipinski definition) is 1. The van der Waals surface area contributed by atoms with Crippen LogP contribution in [0.3, 0.4) is 0 Å². The molecular weight excluding hydrogens is 494 g/mol. The van der Waals surface area contributed by atoms with E-state index >= 15 is 0 Å². The molecule has 156 valence electrons. The van der Waals surface area contributed by atoms with Gasteiger partial charge in [-0.15, -0.1) is 0 Å². The Morgan fingerprint density at radius 1 is 1.07 bits per heavy atom. The van der Waals surface area contributed by atoms with Crippen LogP contribution in [0.1, 0.15) is 27.0 Å². The molecule has 0 aliphatic carbocycles. The van der Waals surface area contributed by atoms with Gasteiger partial charge in [0, 0.05) is 41.1 Å². The van der Waals surface area contributed by atoms with Gasteiger partial charge in [-0.2, -0.15) is 13.2 Å². The van der Waals surface area contributed by atoms with Gasteiger partial charge in [0.25, 0.3) is 5.91 Å². The molecule has 0 atom stereocenters. The van der Waals surface area contributed by atoms with Gasteiger partial charge >= 0.3 is 6.18 Å². The van der Waals surface area contributed by atoms with E-state index in [9.17, 15) is 18.0 Å². The standard InChI is InChI=1S/C21H23F3IN3O/c1-13-4-5-15(16(25)12-13)20(29)26-17-6-7-18(19(14(17)2)21(22,23)24)28-10-8-27(3)9-11-28/h4-7,12H,8-11H2,1-3H3,(H,26,29). The van der Waals surface area contributed by atoms with Crippen LogP contribution >= 0.6 is 22.6 Å². The molecule has 1 saturated heterocycles. The highest BCUT2D eigenvalue weighted by Gasteiger charge is 2.38. The molecule has 3 rings (SSSR count). The quantitative estimate of drug-likeness (QED) is 0.587. The van der Waals surface area contributed by atoms with Crippen molar-refractivity contribution in [3.05, 3.63) is 56.2 Å². The van der Waals surface area contributed by atoms with Crippen molar-refractivity contribution in [2.24, 2.45) is 0 Å². The van der Waals surface area contributed by atoms with Crippen LogP contribution in [0.5, 0.6) is 0 Å². The molecule has 1 aliphatic heterocycles. The fourth-order valence-corrected chi connectivity index (χ4v) is 4.41. The summed E-state index contributed by atoms with van der Waals surface area (Å²) < 4.78 is 42.6. The maximum absolute atomic E-state index is 13.9. The summed E-state index contributed by atoms with van der Waals surface area (Å²) in [7, 11) is 1.96. The van der Waals surface area contributed by atoms with Crippen LogP contribution < -0.4 is 10.2 Å². The number of nitrogens with zero attached hydrogens (tertiary/aromatic N) is 2. The summed E-state index contributed by atoms with van der Waals surface area (Å²) in [5, 5.41) is 2.67. The minimum atomic E-state index is -4.51. The number of anilines is 2. The van der Waals surface area contributed by atoms with Crippen molar-refractivity contribution in [1.29, 1.82) is 0 Å². The Labute approximate surface area is 182 Å². The van der Waals surface area contributed by atoms with Gasteiger partial charge in [-0.05, 0) is 73.3 Å². The fraction of sp³-hybridized carbons (Fsp3) is 0.381. The summed E-state index contributed by atoms with van der Waals surface area (Å²) >= 11 is 2.06. The number of likely N-dealkylation sites (N-methyl/N-ethyl adjacent to an activating group) is 1. The molecule has 8 heteroatoms. The molecule has 1 heterocycles. The van der Waals surface area contributed by atoms with E-state index in [1.54, 1.807) is 17.0 Å². The number of rotatable bonds is 3.